The van der Waals surface area contributed by atoms with Gasteiger partial charge in [-0.2, -0.15) is 0 Å². The van der Waals surface area contributed by atoms with Crippen molar-refractivity contribution in [3.8, 4) is 11.4 Å². The molecular formula is C14H10Cl2N4S. The molecule has 1 aromatic carbocycles. The Labute approximate surface area is 135 Å². The summed E-state index contributed by atoms with van der Waals surface area (Å²) in [6, 6.07) is 10.8. The summed E-state index contributed by atoms with van der Waals surface area (Å²) in [5.41, 5.74) is 7.88. The molecule has 4 nitrogen and oxygen atoms in total. The second-order valence-electron chi connectivity index (χ2n) is 4.21. The van der Waals surface area contributed by atoms with Crippen molar-refractivity contribution in [2.75, 3.05) is 11.1 Å². The lowest BCUT2D eigenvalue weighted by molar-refractivity contribution is 1.28. The van der Waals surface area contributed by atoms with E-state index in [0.29, 0.717) is 26.7 Å². The molecule has 3 aromatic rings. The van der Waals surface area contributed by atoms with Gasteiger partial charge in [0.05, 0.1) is 21.4 Å². The number of hydrogen-bond donors (Lipinski definition) is 2. The minimum atomic E-state index is 0.466. The Morgan fingerprint density at radius 2 is 1.81 bits per heavy atom. The van der Waals surface area contributed by atoms with Crippen molar-refractivity contribution in [1.29, 1.82) is 0 Å². The van der Waals surface area contributed by atoms with Crippen molar-refractivity contribution < 1.29 is 0 Å². The predicted molar refractivity (Wildman–Crippen MR) is 89.5 cm³/mol. The summed E-state index contributed by atoms with van der Waals surface area (Å²) in [5, 5.41) is 6.73. The first-order chi connectivity index (χ1) is 10.1. The van der Waals surface area contributed by atoms with Gasteiger partial charge in [-0.05, 0) is 24.3 Å². The van der Waals surface area contributed by atoms with Gasteiger partial charge in [0.2, 0.25) is 0 Å². The summed E-state index contributed by atoms with van der Waals surface area (Å²) < 4.78 is 0. The maximum Gasteiger partial charge on any atom is 0.187 e. The topological polar surface area (TPSA) is 63.8 Å². The molecule has 0 atom stereocenters. The van der Waals surface area contributed by atoms with Gasteiger partial charge in [-0.15, -0.1) is 11.3 Å². The third-order valence-electron chi connectivity index (χ3n) is 2.73. The summed E-state index contributed by atoms with van der Waals surface area (Å²) in [4.78, 5) is 8.72. The average molecular weight is 337 g/mol. The molecule has 0 saturated carbocycles. The first-order valence-corrected chi connectivity index (χ1v) is 7.66. The van der Waals surface area contributed by atoms with E-state index in [1.807, 2.05) is 29.6 Å². The predicted octanol–water partition coefficient (Wildman–Crippen LogP) is 4.84. The second-order valence-corrected chi connectivity index (χ2v) is 5.86. The highest BCUT2D eigenvalue weighted by Gasteiger charge is 2.09. The van der Waals surface area contributed by atoms with E-state index in [4.69, 9.17) is 28.9 Å². The lowest BCUT2D eigenvalue weighted by Crippen LogP contribution is -1.93. The summed E-state index contributed by atoms with van der Waals surface area (Å²) in [6.45, 7) is 0. The van der Waals surface area contributed by atoms with Gasteiger partial charge in [0.15, 0.2) is 5.13 Å². The number of benzene rings is 1. The number of hydrogen-bond acceptors (Lipinski definition) is 5. The average Bonchev–Trinajstić information content (AvgIpc) is 2.93. The van der Waals surface area contributed by atoms with Gasteiger partial charge in [0.1, 0.15) is 11.5 Å². The Balaban J connectivity index is 1.87. The first kappa shape index (κ1) is 14.1. The highest BCUT2D eigenvalue weighted by molar-refractivity contribution is 7.14. The van der Waals surface area contributed by atoms with Crippen LogP contribution in [0.1, 0.15) is 0 Å². The van der Waals surface area contributed by atoms with Gasteiger partial charge in [-0.25, -0.2) is 9.97 Å². The standard InChI is InChI=1S/C14H10Cl2N4S/c15-8-3-1-5-10(13(8)16)19-14-20-11(7-21-14)9-4-2-6-12(17)18-9/h1-7H,(H2,17,18)(H,19,20). The first-order valence-electron chi connectivity index (χ1n) is 6.03. The molecule has 0 unspecified atom stereocenters. The molecule has 7 heteroatoms. The van der Waals surface area contributed by atoms with Crippen LogP contribution >= 0.6 is 34.5 Å². The SMILES string of the molecule is Nc1cccc(-c2csc(Nc3cccc(Cl)c3Cl)n2)n1. The largest absolute Gasteiger partial charge is 0.384 e. The molecule has 0 radical (unpaired) electrons. The zero-order valence-electron chi connectivity index (χ0n) is 10.7. The van der Waals surface area contributed by atoms with Crippen LogP contribution < -0.4 is 11.1 Å². The van der Waals surface area contributed by atoms with Gasteiger partial charge in [-0.1, -0.05) is 35.3 Å². The number of nitrogens with zero attached hydrogens (tertiary/aromatic N) is 2. The van der Waals surface area contributed by atoms with Crippen molar-refractivity contribution in [2.24, 2.45) is 0 Å². The molecule has 0 aliphatic carbocycles. The molecule has 106 valence electrons. The van der Waals surface area contributed by atoms with Crippen LogP contribution in [-0.4, -0.2) is 9.97 Å². The lowest BCUT2D eigenvalue weighted by Gasteiger charge is -2.05. The Kier molecular flexibility index (Phi) is 3.96. The minimum absolute atomic E-state index is 0.466. The molecule has 2 aromatic heterocycles. The fourth-order valence-electron chi connectivity index (χ4n) is 1.76. The van der Waals surface area contributed by atoms with Gasteiger partial charge < -0.3 is 11.1 Å². The molecule has 0 fully saturated rings. The highest BCUT2D eigenvalue weighted by atomic mass is 35.5. The fraction of sp³-hybridized carbons (Fsp3) is 0. The number of pyridine rings is 1. The van der Waals surface area contributed by atoms with E-state index in [1.54, 1.807) is 12.1 Å². The Bertz CT molecular complexity index is 788. The Morgan fingerprint density at radius 1 is 1.00 bits per heavy atom. The van der Waals surface area contributed by atoms with Crippen LogP contribution in [0.3, 0.4) is 0 Å². The number of nitrogen functional groups attached to an aromatic ring is 1. The summed E-state index contributed by atoms with van der Waals surface area (Å²) in [6.07, 6.45) is 0. The van der Waals surface area contributed by atoms with Crippen molar-refractivity contribution in [2.45, 2.75) is 0 Å². The fourth-order valence-corrected chi connectivity index (χ4v) is 2.82. The van der Waals surface area contributed by atoms with Crippen LogP contribution in [0, 0.1) is 0 Å². The minimum Gasteiger partial charge on any atom is -0.384 e. The number of anilines is 3. The van der Waals surface area contributed by atoms with Crippen LogP contribution in [-0.2, 0) is 0 Å². The molecule has 3 N–H and O–H groups in total. The van der Waals surface area contributed by atoms with Crippen molar-refractivity contribution in [3.05, 3.63) is 51.8 Å². The molecule has 2 heterocycles. The molecule has 0 aliphatic heterocycles. The highest BCUT2D eigenvalue weighted by Crippen LogP contribution is 2.33. The number of halogens is 2. The number of thiazole rings is 1. The van der Waals surface area contributed by atoms with E-state index in [-0.39, 0.29) is 0 Å². The number of nitrogens with one attached hydrogen (secondary N) is 1. The number of aromatic nitrogens is 2. The van der Waals surface area contributed by atoms with E-state index in [1.165, 1.54) is 11.3 Å². The molecule has 0 spiro atoms. The van der Waals surface area contributed by atoms with E-state index in [2.05, 4.69) is 15.3 Å². The molecule has 0 aliphatic rings. The maximum atomic E-state index is 6.14. The van der Waals surface area contributed by atoms with Gasteiger partial charge >= 0.3 is 0 Å². The normalized spacial score (nSPS) is 10.6. The molecule has 0 amide bonds. The second kappa shape index (κ2) is 5.89. The molecule has 0 bridgehead atoms. The lowest BCUT2D eigenvalue weighted by atomic mass is 10.3. The third kappa shape index (κ3) is 3.10. The molecule has 21 heavy (non-hydrogen) atoms. The Morgan fingerprint density at radius 3 is 2.62 bits per heavy atom. The van der Waals surface area contributed by atoms with Crippen molar-refractivity contribution in [3.63, 3.8) is 0 Å². The van der Waals surface area contributed by atoms with E-state index < -0.39 is 0 Å². The smallest absolute Gasteiger partial charge is 0.187 e. The van der Waals surface area contributed by atoms with Crippen LogP contribution in [0.25, 0.3) is 11.4 Å². The van der Waals surface area contributed by atoms with Gasteiger partial charge in [0.25, 0.3) is 0 Å². The number of nitrogens with two attached hydrogens (primary N) is 1. The zero-order valence-corrected chi connectivity index (χ0v) is 13.0. The van der Waals surface area contributed by atoms with Crippen LogP contribution in [0.2, 0.25) is 10.0 Å². The van der Waals surface area contributed by atoms with Crippen LogP contribution in [0.15, 0.2) is 41.8 Å². The van der Waals surface area contributed by atoms with Gasteiger partial charge in [-0.3, -0.25) is 0 Å². The van der Waals surface area contributed by atoms with Crippen molar-refractivity contribution in [1.82, 2.24) is 9.97 Å². The summed E-state index contributed by atoms with van der Waals surface area (Å²) >= 11 is 13.6. The molecule has 3 rings (SSSR count). The van der Waals surface area contributed by atoms with E-state index >= 15 is 0 Å². The Hall–Kier alpha value is -1.82. The summed E-state index contributed by atoms with van der Waals surface area (Å²) in [7, 11) is 0. The monoisotopic (exact) mass is 336 g/mol. The van der Waals surface area contributed by atoms with Gasteiger partial charge in [0, 0.05) is 5.38 Å². The number of rotatable bonds is 3. The van der Waals surface area contributed by atoms with Crippen molar-refractivity contribution >= 4 is 51.2 Å². The quantitative estimate of drug-likeness (QED) is 0.718. The third-order valence-corrected chi connectivity index (χ3v) is 4.31. The zero-order chi connectivity index (χ0) is 14.8. The summed E-state index contributed by atoms with van der Waals surface area (Å²) in [5.74, 6) is 0.466. The molecular weight excluding hydrogens is 327 g/mol. The van der Waals surface area contributed by atoms with Crippen LogP contribution in [0.4, 0.5) is 16.6 Å². The molecule has 0 saturated heterocycles. The maximum absolute atomic E-state index is 6.14. The van der Waals surface area contributed by atoms with Crippen LogP contribution in [0.5, 0.6) is 0 Å². The van der Waals surface area contributed by atoms with E-state index in [0.717, 1.165) is 11.4 Å². The van der Waals surface area contributed by atoms with E-state index in [9.17, 15) is 0 Å².